The zero-order chi connectivity index (χ0) is 33.1. The zero-order valence-electron chi connectivity index (χ0n) is 28.8. The van der Waals surface area contributed by atoms with Crippen LogP contribution >= 0.6 is 24.8 Å². The summed E-state index contributed by atoms with van der Waals surface area (Å²) in [5.74, 6) is 0.399. The summed E-state index contributed by atoms with van der Waals surface area (Å²) in [7, 11) is 0. The molecule has 9 nitrogen and oxygen atoms in total. The molecule has 3 rings (SSSR count). The second-order valence-corrected chi connectivity index (χ2v) is 11.2. The third-order valence-electron chi connectivity index (χ3n) is 7.96. The summed E-state index contributed by atoms with van der Waals surface area (Å²) in [6.07, 6.45) is 1.92. The molecule has 0 saturated carbocycles. The minimum atomic E-state index is -0.790. The standard InChI is InChI=1S/C37H52N4O5.2ClH/c1-5-40(6-2)22-12-24-44-35-27-31(37(43)45-25-13-23-41(7-3)8-4)18-21-34(35)39-36(42)33(38)26-29-16-19-32(20-17-29)46-28-30-14-10-9-11-15-30;;/h9-11,14-21,27,33H,5-8,12-13,22-26,28,38H2,1-4H3,(H,39,42);2*1H/t33-;;/m1../s1. The predicted molar refractivity (Wildman–Crippen MR) is 199 cm³/mol. The van der Waals surface area contributed by atoms with Gasteiger partial charge in [-0.25, -0.2) is 4.79 Å². The van der Waals surface area contributed by atoms with E-state index in [0.29, 0.717) is 43.2 Å². The van der Waals surface area contributed by atoms with E-state index in [1.807, 2.05) is 54.6 Å². The highest BCUT2D eigenvalue weighted by atomic mass is 35.5. The fourth-order valence-corrected chi connectivity index (χ4v) is 4.99. The lowest BCUT2D eigenvalue weighted by Crippen LogP contribution is -2.37. The van der Waals surface area contributed by atoms with Gasteiger partial charge in [0.2, 0.25) is 5.91 Å². The van der Waals surface area contributed by atoms with Gasteiger partial charge in [-0.15, -0.1) is 24.8 Å². The minimum absolute atomic E-state index is 0. The Kier molecular flexibility index (Phi) is 21.3. The Bertz CT molecular complexity index is 1320. The normalized spacial score (nSPS) is 11.3. The number of esters is 1. The predicted octanol–water partition coefficient (Wildman–Crippen LogP) is 6.62. The topological polar surface area (TPSA) is 106 Å². The molecule has 0 aliphatic heterocycles. The van der Waals surface area contributed by atoms with Crippen LogP contribution in [0.4, 0.5) is 5.69 Å². The van der Waals surface area contributed by atoms with E-state index in [1.54, 1.807) is 18.2 Å². The maximum Gasteiger partial charge on any atom is 0.338 e. The van der Waals surface area contributed by atoms with Crippen LogP contribution in [0.2, 0.25) is 0 Å². The highest BCUT2D eigenvalue weighted by molar-refractivity contribution is 5.97. The lowest BCUT2D eigenvalue weighted by molar-refractivity contribution is -0.117. The number of anilines is 1. The van der Waals surface area contributed by atoms with Crippen molar-refractivity contribution in [3.63, 3.8) is 0 Å². The van der Waals surface area contributed by atoms with Crippen molar-refractivity contribution in [2.75, 3.05) is 57.8 Å². The van der Waals surface area contributed by atoms with Crippen LogP contribution in [0.15, 0.2) is 72.8 Å². The molecule has 266 valence electrons. The molecule has 0 spiro atoms. The van der Waals surface area contributed by atoms with E-state index in [-0.39, 0.29) is 30.7 Å². The molecule has 1 atom stereocenters. The molecule has 48 heavy (non-hydrogen) atoms. The van der Waals surface area contributed by atoms with Gasteiger partial charge in [0.05, 0.1) is 30.5 Å². The van der Waals surface area contributed by atoms with Crippen LogP contribution in [0.25, 0.3) is 0 Å². The third kappa shape index (κ3) is 14.8. The van der Waals surface area contributed by atoms with Crippen LogP contribution in [0.5, 0.6) is 11.5 Å². The number of halogens is 2. The van der Waals surface area contributed by atoms with Gasteiger partial charge in [-0.05, 0) is 86.9 Å². The van der Waals surface area contributed by atoms with Gasteiger partial charge in [0, 0.05) is 13.1 Å². The molecule has 3 N–H and O–H groups in total. The number of nitrogens with two attached hydrogens (primary N) is 1. The molecule has 0 aliphatic carbocycles. The Morgan fingerprint density at radius 2 is 1.35 bits per heavy atom. The van der Waals surface area contributed by atoms with Crippen molar-refractivity contribution in [2.24, 2.45) is 5.73 Å². The molecular weight excluding hydrogens is 651 g/mol. The van der Waals surface area contributed by atoms with Gasteiger partial charge in [0.25, 0.3) is 0 Å². The van der Waals surface area contributed by atoms with Crippen molar-refractivity contribution < 1.29 is 23.8 Å². The lowest BCUT2D eigenvalue weighted by Gasteiger charge is -2.19. The molecule has 0 fully saturated rings. The van der Waals surface area contributed by atoms with Crippen LogP contribution in [-0.2, 0) is 22.6 Å². The highest BCUT2D eigenvalue weighted by Crippen LogP contribution is 2.27. The van der Waals surface area contributed by atoms with E-state index in [9.17, 15) is 9.59 Å². The summed E-state index contributed by atoms with van der Waals surface area (Å²) in [6.45, 7) is 15.4. The largest absolute Gasteiger partial charge is 0.491 e. The van der Waals surface area contributed by atoms with Gasteiger partial charge in [0.1, 0.15) is 18.1 Å². The Morgan fingerprint density at radius 3 is 1.96 bits per heavy atom. The number of carbonyl (C=O) groups is 2. The first-order valence-corrected chi connectivity index (χ1v) is 16.6. The summed E-state index contributed by atoms with van der Waals surface area (Å²) in [5.41, 5.74) is 9.17. The van der Waals surface area contributed by atoms with E-state index in [4.69, 9.17) is 19.9 Å². The molecular formula is C37H54Cl2N4O5. The first kappa shape index (κ1) is 42.7. The van der Waals surface area contributed by atoms with Crippen LogP contribution in [0.1, 0.15) is 62.0 Å². The van der Waals surface area contributed by atoms with Gasteiger partial charge in [-0.3, -0.25) is 4.79 Å². The van der Waals surface area contributed by atoms with E-state index in [0.717, 1.165) is 69.0 Å². The Hall–Kier alpha value is -3.34. The maximum atomic E-state index is 13.2. The van der Waals surface area contributed by atoms with Crippen LogP contribution in [0.3, 0.4) is 0 Å². The van der Waals surface area contributed by atoms with Crippen molar-refractivity contribution in [2.45, 2.75) is 59.6 Å². The smallest absolute Gasteiger partial charge is 0.338 e. The SMILES string of the molecule is CCN(CC)CCCOC(=O)c1ccc(NC(=O)[C@H](N)Cc2ccc(OCc3ccccc3)cc2)c(OCCCN(CC)CC)c1.Cl.Cl. The van der Waals surface area contributed by atoms with Gasteiger partial charge >= 0.3 is 5.97 Å². The average Bonchev–Trinajstić information content (AvgIpc) is 3.09. The molecule has 0 unspecified atom stereocenters. The lowest BCUT2D eigenvalue weighted by atomic mass is 10.1. The number of benzene rings is 3. The number of carbonyl (C=O) groups excluding carboxylic acids is 2. The summed E-state index contributed by atoms with van der Waals surface area (Å²) < 4.78 is 17.5. The number of rotatable bonds is 21. The number of nitrogens with zero attached hydrogens (tertiary/aromatic N) is 2. The molecule has 0 saturated heterocycles. The highest BCUT2D eigenvalue weighted by Gasteiger charge is 2.19. The summed E-state index contributed by atoms with van der Waals surface area (Å²) >= 11 is 0. The molecule has 3 aromatic rings. The molecule has 0 aliphatic rings. The quantitative estimate of drug-likeness (QED) is 0.0942. The molecule has 0 radical (unpaired) electrons. The fraction of sp³-hybridized carbons (Fsp3) is 0.459. The Morgan fingerprint density at radius 1 is 0.750 bits per heavy atom. The van der Waals surface area contributed by atoms with E-state index < -0.39 is 12.0 Å². The van der Waals surface area contributed by atoms with E-state index >= 15 is 0 Å². The number of amides is 1. The van der Waals surface area contributed by atoms with Crippen LogP contribution in [0, 0.1) is 0 Å². The average molecular weight is 706 g/mol. The molecule has 0 aromatic heterocycles. The second-order valence-electron chi connectivity index (χ2n) is 11.2. The third-order valence-corrected chi connectivity index (χ3v) is 7.96. The zero-order valence-corrected chi connectivity index (χ0v) is 30.5. The first-order valence-electron chi connectivity index (χ1n) is 16.6. The number of ether oxygens (including phenoxy) is 3. The number of nitrogens with one attached hydrogen (secondary N) is 1. The molecule has 3 aromatic carbocycles. The molecule has 0 heterocycles. The summed E-state index contributed by atoms with van der Waals surface area (Å²) in [4.78, 5) is 30.6. The summed E-state index contributed by atoms with van der Waals surface area (Å²) in [5, 5.41) is 2.91. The first-order chi connectivity index (χ1) is 22.4. The summed E-state index contributed by atoms with van der Waals surface area (Å²) in [6, 6.07) is 21.7. The van der Waals surface area contributed by atoms with Crippen molar-refractivity contribution in [1.29, 1.82) is 0 Å². The van der Waals surface area contributed by atoms with Gasteiger partial charge in [0.15, 0.2) is 0 Å². The Labute approximate surface area is 299 Å². The Balaban J connectivity index is 0.00000576. The van der Waals surface area contributed by atoms with Crippen molar-refractivity contribution in [3.8, 4) is 11.5 Å². The van der Waals surface area contributed by atoms with Crippen molar-refractivity contribution in [3.05, 3.63) is 89.5 Å². The number of hydrogen-bond donors (Lipinski definition) is 2. The fourth-order valence-electron chi connectivity index (χ4n) is 4.99. The van der Waals surface area contributed by atoms with Crippen molar-refractivity contribution >= 4 is 42.4 Å². The van der Waals surface area contributed by atoms with Gasteiger partial charge in [-0.1, -0.05) is 70.2 Å². The van der Waals surface area contributed by atoms with E-state index in [2.05, 4.69) is 42.8 Å². The molecule has 11 heteroatoms. The molecule has 1 amide bonds. The van der Waals surface area contributed by atoms with Crippen LogP contribution in [-0.4, -0.2) is 80.2 Å². The second kappa shape index (κ2) is 23.9. The van der Waals surface area contributed by atoms with Crippen molar-refractivity contribution in [1.82, 2.24) is 9.80 Å². The van der Waals surface area contributed by atoms with Gasteiger partial charge in [-0.2, -0.15) is 0 Å². The molecule has 0 bridgehead atoms. The van der Waals surface area contributed by atoms with Crippen LogP contribution < -0.4 is 20.5 Å². The number of hydrogen-bond acceptors (Lipinski definition) is 8. The van der Waals surface area contributed by atoms with Gasteiger partial charge < -0.3 is 35.1 Å². The maximum absolute atomic E-state index is 13.2. The van der Waals surface area contributed by atoms with E-state index in [1.165, 1.54) is 0 Å². The minimum Gasteiger partial charge on any atom is -0.491 e. The monoisotopic (exact) mass is 704 g/mol.